The molecule has 71 heavy (non-hydrogen) atoms. The topological polar surface area (TPSA) is 51.6 Å². The Morgan fingerprint density at radius 1 is 0.282 bits per heavy atom. The molecule has 0 unspecified atom stereocenters. The van der Waals surface area contributed by atoms with Gasteiger partial charge in [0.15, 0.2) is 0 Å². The standard InChI is InChI=1S/C67H42N4/c1-67(2)59-28-24-44(42-12-8-13-45(34-42)61-29-25-40-22-21-39-15-9-31-68-63(39)64(40)70-61)36-57(59)58-37-55-50-19-6-5-18-49(50)54-35-43(23-26-51(54)56(55)38-60(58)67)41-11-7-14-46(33-41)62-30-27-53-48-17-4-3-16-47(48)52-20-10-32-69-65(52)66(53)71-62/h3-38H,1-2H3. The van der Waals surface area contributed by atoms with Gasteiger partial charge in [0, 0.05) is 50.5 Å². The molecule has 4 nitrogen and oxygen atoms in total. The van der Waals surface area contributed by atoms with Crippen molar-refractivity contribution in [3.8, 4) is 55.9 Å². The highest BCUT2D eigenvalue weighted by Crippen LogP contribution is 2.52. The van der Waals surface area contributed by atoms with E-state index < -0.39 is 0 Å². The van der Waals surface area contributed by atoms with Crippen molar-refractivity contribution in [3.63, 3.8) is 0 Å². The Kier molecular flexibility index (Phi) is 8.38. The quantitative estimate of drug-likeness (QED) is 0.165. The Labute approximate surface area is 409 Å². The summed E-state index contributed by atoms with van der Waals surface area (Å²) < 4.78 is 0. The van der Waals surface area contributed by atoms with E-state index in [-0.39, 0.29) is 5.41 Å². The molecular weight excluding hydrogens is 861 g/mol. The maximum Gasteiger partial charge on any atom is 0.0978 e. The van der Waals surface area contributed by atoms with Crippen LogP contribution in [0.15, 0.2) is 219 Å². The van der Waals surface area contributed by atoms with E-state index >= 15 is 0 Å². The number of hydrogen-bond donors (Lipinski definition) is 0. The molecule has 0 spiro atoms. The monoisotopic (exact) mass is 902 g/mol. The summed E-state index contributed by atoms with van der Waals surface area (Å²) in [5.74, 6) is 0. The Hall–Kier alpha value is -9.12. The summed E-state index contributed by atoms with van der Waals surface area (Å²) in [6.45, 7) is 4.77. The van der Waals surface area contributed by atoms with Crippen molar-refractivity contribution >= 4 is 86.7 Å². The zero-order chi connectivity index (χ0) is 47.0. The van der Waals surface area contributed by atoms with Crippen LogP contribution in [0, 0.1) is 0 Å². The smallest absolute Gasteiger partial charge is 0.0978 e. The molecule has 0 N–H and O–H groups in total. The molecule has 330 valence electrons. The summed E-state index contributed by atoms with van der Waals surface area (Å²) in [6, 6.07) is 75.4. The third-order valence-electron chi connectivity index (χ3n) is 15.5. The van der Waals surface area contributed by atoms with Gasteiger partial charge < -0.3 is 0 Å². The summed E-state index contributed by atoms with van der Waals surface area (Å²) in [5, 5.41) is 14.4. The first-order valence-electron chi connectivity index (χ1n) is 24.4. The number of pyridine rings is 4. The normalized spacial score (nSPS) is 13.0. The van der Waals surface area contributed by atoms with Gasteiger partial charge in [-0.1, -0.05) is 153 Å². The first-order valence-corrected chi connectivity index (χ1v) is 24.4. The fraction of sp³-hybridized carbons (Fsp3) is 0.0448. The molecule has 15 rings (SSSR count). The summed E-state index contributed by atoms with van der Waals surface area (Å²) >= 11 is 0. The van der Waals surface area contributed by atoms with Gasteiger partial charge in [0.2, 0.25) is 0 Å². The van der Waals surface area contributed by atoms with Gasteiger partial charge in [-0.25, -0.2) is 9.97 Å². The molecule has 0 saturated carbocycles. The zero-order valence-corrected chi connectivity index (χ0v) is 39.1. The number of fused-ring (bicyclic) bond motifs is 18. The largest absolute Gasteiger partial charge is 0.254 e. The summed E-state index contributed by atoms with van der Waals surface area (Å²) in [6.07, 6.45) is 3.72. The first kappa shape index (κ1) is 39.8. The number of hydrogen-bond acceptors (Lipinski definition) is 4. The molecular formula is C67H42N4. The minimum atomic E-state index is -0.185. The highest BCUT2D eigenvalue weighted by molar-refractivity contribution is 6.27. The average Bonchev–Trinajstić information content (AvgIpc) is 3.66. The summed E-state index contributed by atoms with van der Waals surface area (Å²) in [7, 11) is 0. The Morgan fingerprint density at radius 3 is 1.49 bits per heavy atom. The van der Waals surface area contributed by atoms with E-state index in [2.05, 4.69) is 208 Å². The van der Waals surface area contributed by atoms with E-state index in [4.69, 9.17) is 19.9 Å². The fourth-order valence-corrected chi connectivity index (χ4v) is 11.9. The van der Waals surface area contributed by atoms with E-state index in [1.54, 1.807) is 0 Å². The van der Waals surface area contributed by atoms with Crippen LogP contribution < -0.4 is 0 Å². The van der Waals surface area contributed by atoms with Crippen LogP contribution in [0.3, 0.4) is 0 Å². The molecule has 4 heteroatoms. The second-order valence-corrected chi connectivity index (χ2v) is 19.7. The predicted molar refractivity (Wildman–Crippen MR) is 297 cm³/mol. The van der Waals surface area contributed by atoms with Gasteiger partial charge in [0.25, 0.3) is 0 Å². The van der Waals surface area contributed by atoms with Crippen LogP contribution in [-0.4, -0.2) is 19.9 Å². The molecule has 4 heterocycles. The zero-order valence-electron chi connectivity index (χ0n) is 39.1. The molecule has 0 aliphatic heterocycles. The Bertz CT molecular complexity index is 4590. The molecule has 0 radical (unpaired) electrons. The van der Waals surface area contributed by atoms with Crippen LogP contribution in [0.2, 0.25) is 0 Å². The Balaban J connectivity index is 0.826. The van der Waals surface area contributed by atoms with Crippen LogP contribution in [-0.2, 0) is 5.41 Å². The van der Waals surface area contributed by atoms with Crippen molar-refractivity contribution < 1.29 is 0 Å². The van der Waals surface area contributed by atoms with E-state index in [9.17, 15) is 0 Å². The maximum atomic E-state index is 5.32. The second-order valence-electron chi connectivity index (χ2n) is 19.7. The minimum absolute atomic E-state index is 0.185. The molecule has 0 atom stereocenters. The van der Waals surface area contributed by atoms with E-state index in [0.717, 1.165) is 71.7 Å². The molecule has 1 aliphatic rings. The minimum Gasteiger partial charge on any atom is -0.254 e. The highest BCUT2D eigenvalue weighted by atomic mass is 14.8. The SMILES string of the molecule is CC1(C)c2ccc(-c3cccc(-c4ccc5ccc6cccnc6c5n4)c3)cc2-c2cc3c4ccccc4c4cc(-c5cccc(-c6ccc7c8ccccc8c8cccnc8c7n6)c5)ccc4c3cc21. The highest BCUT2D eigenvalue weighted by Gasteiger charge is 2.36. The van der Waals surface area contributed by atoms with Crippen LogP contribution in [0.4, 0.5) is 0 Å². The number of benzene rings is 10. The molecule has 0 fully saturated rings. The third kappa shape index (κ3) is 5.98. The van der Waals surface area contributed by atoms with Gasteiger partial charge in [0.05, 0.1) is 33.5 Å². The van der Waals surface area contributed by atoms with E-state index in [1.807, 2.05) is 24.5 Å². The van der Waals surface area contributed by atoms with Crippen molar-refractivity contribution in [2.45, 2.75) is 19.3 Å². The van der Waals surface area contributed by atoms with Crippen molar-refractivity contribution in [1.29, 1.82) is 0 Å². The summed E-state index contributed by atoms with van der Waals surface area (Å²) in [5.41, 5.74) is 17.6. The number of rotatable bonds is 4. The molecule has 1 aliphatic carbocycles. The summed E-state index contributed by atoms with van der Waals surface area (Å²) in [4.78, 5) is 20.1. The molecule has 0 saturated heterocycles. The average molecular weight is 903 g/mol. The van der Waals surface area contributed by atoms with Crippen LogP contribution in [0.25, 0.3) is 143 Å². The van der Waals surface area contributed by atoms with Crippen LogP contribution >= 0.6 is 0 Å². The van der Waals surface area contributed by atoms with Crippen molar-refractivity contribution in [3.05, 3.63) is 230 Å². The van der Waals surface area contributed by atoms with E-state index in [1.165, 1.54) is 82.0 Å². The predicted octanol–water partition coefficient (Wildman–Crippen LogP) is 17.5. The Morgan fingerprint density at radius 2 is 0.761 bits per heavy atom. The van der Waals surface area contributed by atoms with Crippen LogP contribution in [0.5, 0.6) is 0 Å². The van der Waals surface area contributed by atoms with Gasteiger partial charge in [-0.15, -0.1) is 0 Å². The number of aromatic nitrogens is 4. The third-order valence-corrected chi connectivity index (χ3v) is 15.5. The molecule has 0 amide bonds. The molecule has 0 bridgehead atoms. The lowest BCUT2D eigenvalue weighted by atomic mass is 9.81. The fourth-order valence-electron chi connectivity index (χ4n) is 11.9. The lowest BCUT2D eigenvalue weighted by molar-refractivity contribution is 0.661. The first-order chi connectivity index (χ1) is 34.9. The molecule has 10 aromatic carbocycles. The van der Waals surface area contributed by atoms with E-state index in [0.29, 0.717) is 0 Å². The van der Waals surface area contributed by atoms with Crippen molar-refractivity contribution in [2.24, 2.45) is 0 Å². The lowest BCUT2D eigenvalue weighted by Gasteiger charge is -2.22. The van der Waals surface area contributed by atoms with Crippen molar-refractivity contribution in [2.75, 3.05) is 0 Å². The second kappa shape index (κ2) is 14.9. The van der Waals surface area contributed by atoms with Gasteiger partial charge in [-0.3, -0.25) is 9.97 Å². The van der Waals surface area contributed by atoms with Gasteiger partial charge in [-0.05, 0) is 154 Å². The van der Waals surface area contributed by atoms with Gasteiger partial charge >= 0.3 is 0 Å². The van der Waals surface area contributed by atoms with Crippen LogP contribution in [0.1, 0.15) is 25.0 Å². The lowest BCUT2D eigenvalue weighted by Crippen LogP contribution is -2.14. The maximum absolute atomic E-state index is 5.32. The van der Waals surface area contributed by atoms with Gasteiger partial charge in [-0.2, -0.15) is 0 Å². The molecule has 14 aromatic rings. The van der Waals surface area contributed by atoms with Gasteiger partial charge in [0.1, 0.15) is 0 Å². The van der Waals surface area contributed by atoms with Crippen molar-refractivity contribution in [1.82, 2.24) is 19.9 Å². The molecule has 4 aromatic heterocycles. The number of nitrogens with zero attached hydrogens (tertiary/aromatic N) is 4.